The van der Waals surface area contributed by atoms with Gasteiger partial charge in [-0.1, -0.05) is 17.7 Å². The minimum Gasteiger partial charge on any atom is -0.441 e. The molecule has 0 aliphatic carbocycles. The van der Waals surface area contributed by atoms with E-state index in [1.807, 2.05) is 45.0 Å². The van der Waals surface area contributed by atoms with Crippen molar-refractivity contribution in [2.45, 2.75) is 31.4 Å². The van der Waals surface area contributed by atoms with Crippen molar-refractivity contribution in [3.05, 3.63) is 71.1 Å². The van der Waals surface area contributed by atoms with Gasteiger partial charge in [0, 0.05) is 22.6 Å². The molecule has 6 heteroatoms. The summed E-state index contributed by atoms with van der Waals surface area (Å²) in [6, 6.07) is 14.7. The molecule has 0 bridgehead atoms. The number of benzene rings is 2. The lowest BCUT2D eigenvalue weighted by atomic mass is 10.1. The Morgan fingerprint density at radius 1 is 1.07 bits per heavy atom. The maximum absolute atomic E-state index is 12.6. The number of amides is 1. The van der Waals surface area contributed by atoms with Gasteiger partial charge in [-0.2, -0.15) is 0 Å². The molecule has 1 amide bonds. The van der Waals surface area contributed by atoms with Crippen molar-refractivity contribution < 1.29 is 13.4 Å². The van der Waals surface area contributed by atoms with Gasteiger partial charge in [0.05, 0.1) is 22.2 Å². The molecular weight excluding hydrogens is 360 g/mol. The monoisotopic (exact) mass is 382 g/mol. The second kappa shape index (κ2) is 8.31. The van der Waals surface area contributed by atoms with Crippen LogP contribution in [0.3, 0.4) is 0 Å². The smallest absolute Gasteiger partial charge is 0.251 e. The fourth-order valence-electron chi connectivity index (χ4n) is 2.61. The summed E-state index contributed by atoms with van der Waals surface area (Å²) in [6.07, 6.45) is 0. The van der Waals surface area contributed by atoms with E-state index in [2.05, 4.69) is 10.3 Å². The van der Waals surface area contributed by atoms with Gasteiger partial charge in [0.2, 0.25) is 5.89 Å². The van der Waals surface area contributed by atoms with Gasteiger partial charge < -0.3 is 9.73 Å². The number of nitrogens with zero attached hydrogens (tertiary/aromatic N) is 1. The Kier molecular flexibility index (Phi) is 5.86. The molecule has 2 aromatic carbocycles. The number of hydrogen-bond donors (Lipinski definition) is 1. The summed E-state index contributed by atoms with van der Waals surface area (Å²) in [6.45, 7) is 6.28. The van der Waals surface area contributed by atoms with Gasteiger partial charge in [0.15, 0.2) is 0 Å². The maximum atomic E-state index is 12.6. The number of aryl methyl sites for hydroxylation is 2. The van der Waals surface area contributed by atoms with Gasteiger partial charge in [-0.25, -0.2) is 4.98 Å². The molecule has 3 aromatic rings. The number of rotatable bonds is 6. The van der Waals surface area contributed by atoms with Crippen molar-refractivity contribution in [1.82, 2.24) is 10.3 Å². The molecule has 1 atom stereocenters. The normalized spacial score (nSPS) is 12.0. The summed E-state index contributed by atoms with van der Waals surface area (Å²) in [7, 11) is -1.18. The zero-order chi connectivity index (χ0) is 19.4. The summed E-state index contributed by atoms with van der Waals surface area (Å²) in [5.41, 5.74) is 3.17. The molecule has 27 heavy (non-hydrogen) atoms. The Morgan fingerprint density at radius 3 is 2.37 bits per heavy atom. The van der Waals surface area contributed by atoms with Crippen molar-refractivity contribution in [2.75, 3.05) is 6.54 Å². The Bertz CT molecular complexity index is 960. The summed E-state index contributed by atoms with van der Waals surface area (Å²) < 4.78 is 18.3. The highest BCUT2D eigenvalue weighted by Crippen LogP contribution is 2.24. The lowest BCUT2D eigenvalue weighted by Gasteiger charge is -2.02. The third-order valence-electron chi connectivity index (χ3n) is 4.18. The molecule has 3 rings (SSSR count). The highest BCUT2D eigenvalue weighted by Gasteiger charge is 2.15. The lowest BCUT2D eigenvalue weighted by Crippen LogP contribution is -2.22. The average Bonchev–Trinajstić information content (AvgIpc) is 3.03. The van der Waals surface area contributed by atoms with Crippen molar-refractivity contribution in [3.63, 3.8) is 0 Å². The molecule has 0 saturated heterocycles. The fraction of sp³-hybridized carbons (Fsp3) is 0.238. The zero-order valence-electron chi connectivity index (χ0n) is 15.6. The van der Waals surface area contributed by atoms with Crippen LogP contribution in [0.1, 0.15) is 34.3 Å². The molecule has 1 heterocycles. The molecule has 0 fully saturated rings. The first-order chi connectivity index (χ1) is 13.0. The third-order valence-corrected chi connectivity index (χ3v) is 5.51. The molecule has 1 aromatic heterocycles. The quantitative estimate of drug-likeness (QED) is 0.699. The van der Waals surface area contributed by atoms with Gasteiger partial charge in [0.1, 0.15) is 5.76 Å². The fourth-order valence-corrected chi connectivity index (χ4v) is 3.73. The molecule has 1 N–H and O–H groups in total. The Balaban J connectivity index is 1.77. The molecular formula is C21H22N2O3S. The standard InChI is InChI=1S/C21H22N2O3S/c1-4-22-20(24)16-7-9-17(10-8-16)21-23-19(15(3)26-21)13-27(25)18-11-5-14(2)6-12-18/h5-12H,4,13H2,1-3H3,(H,22,24)/t27-/m1/s1. The summed E-state index contributed by atoms with van der Waals surface area (Å²) in [5, 5.41) is 2.76. The largest absolute Gasteiger partial charge is 0.441 e. The van der Waals surface area contributed by atoms with E-state index in [9.17, 15) is 9.00 Å². The van der Waals surface area contributed by atoms with Gasteiger partial charge in [-0.3, -0.25) is 9.00 Å². The molecule has 0 saturated carbocycles. The van der Waals surface area contributed by atoms with Crippen LogP contribution in [0.5, 0.6) is 0 Å². The van der Waals surface area contributed by atoms with Gasteiger partial charge >= 0.3 is 0 Å². The van der Waals surface area contributed by atoms with Crippen LogP contribution in [0, 0.1) is 13.8 Å². The van der Waals surface area contributed by atoms with E-state index < -0.39 is 10.8 Å². The van der Waals surface area contributed by atoms with Gasteiger partial charge in [-0.05, 0) is 57.2 Å². The number of nitrogens with one attached hydrogen (secondary N) is 1. The number of hydrogen-bond acceptors (Lipinski definition) is 4. The van der Waals surface area contributed by atoms with Crippen LogP contribution in [0.2, 0.25) is 0 Å². The Morgan fingerprint density at radius 2 is 1.74 bits per heavy atom. The predicted molar refractivity (Wildman–Crippen MR) is 106 cm³/mol. The predicted octanol–water partition coefficient (Wildman–Crippen LogP) is 4.02. The van der Waals surface area contributed by atoms with Crippen LogP contribution in [0.15, 0.2) is 57.8 Å². The van der Waals surface area contributed by atoms with Gasteiger partial charge in [-0.15, -0.1) is 0 Å². The first-order valence-electron chi connectivity index (χ1n) is 8.78. The minimum atomic E-state index is -1.18. The number of oxazole rings is 1. The number of aromatic nitrogens is 1. The minimum absolute atomic E-state index is 0.109. The zero-order valence-corrected chi connectivity index (χ0v) is 16.4. The van der Waals surface area contributed by atoms with Crippen LogP contribution in [-0.2, 0) is 16.6 Å². The Hall–Kier alpha value is -2.73. The molecule has 0 aliphatic heterocycles. The van der Waals surface area contributed by atoms with E-state index in [4.69, 9.17) is 4.42 Å². The maximum Gasteiger partial charge on any atom is 0.251 e. The lowest BCUT2D eigenvalue weighted by molar-refractivity contribution is 0.0956. The third kappa shape index (κ3) is 4.52. The van der Waals surface area contributed by atoms with Crippen LogP contribution in [0.4, 0.5) is 0 Å². The van der Waals surface area contributed by atoms with Gasteiger partial charge in [0.25, 0.3) is 5.91 Å². The molecule has 5 nitrogen and oxygen atoms in total. The highest BCUT2D eigenvalue weighted by atomic mass is 32.2. The number of carbonyl (C=O) groups excluding carboxylic acids is 1. The van der Waals surface area contributed by atoms with E-state index in [1.54, 1.807) is 24.3 Å². The van der Waals surface area contributed by atoms with Crippen molar-refractivity contribution in [1.29, 1.82) is 0 Å². The SMILES string of the molecule is CCNC(=O)c1ccc(-c2nc(C[S@@](=O)c3ccc(C)cc3)c(C)o2)cc1. The average molecular weight is 382 g/mol. The Labute approximate surface area is 161 Å². The van der Waals surface area contributed by atoms with Crippen LogP contribution in [-0.4, -0.2) is 21.6 Å². The van der Waals surface area contributed by atoms with Crippen LogP contribution < -0.4 is 5.32 Å². The second-order valence-corrected chi connectivity index (χ2v) is 7.71. The summed E-state index contributed by atoms with van der Waals surface area (Å²) in [4.78, 5) is 17.1. The van der Waals surface area contributed by atoms with Crippen molar-refractivity contribution >= 4 is 16.7 Å². The molecule has 0 spiro atoms. The summed E-state index contributed by atoms with van der Waals surface area (Å²) >= 11 is 0. The molecule has 0 radical (unpaired) electrons. The first kappa shape index (κ1) is 19.0. The van der Waals surface area contributed by atoms with Crippen LogP contribution >= 0.6 is 0 Å². The summed E-state index contributed by atoms with van der Waals surface area (Å²) in [5.74, 6) is 1.31. The van der Waals surface area contributed by atoms with E-state index in [0.29, 0.717) is 35.2 Å². The van der Waals surface area contributed by atoms with Crippen molar-refractivity contribution in [3.8, 4) is 11.5 Å². The second-order valence-electron chi connectivity index (χ2n) is 6.26. The topological polar surface area (TPSA) is 72.2 Å². The van der Waals surface area contributed by atoms with Crippen molar-refractivity contribution in [2.24, 2.45) is 0 Å². The van der Waals surface area contributed by atoms with E-state index >= 15 is 0 Å². The van der Waals surface area contributed by atoms with Crippen LogP contribution in [0.25, 0.3) is 11.5 Å². The molecule has 0 aliphatic rings. The van der Waals surface area contributed by atoms with E-state index in [1.165, 1.54) is 0 Å². The van der Waals surface area contributed by atoms with E-state index in [-0.39, 0.29) is 5.91 Å². The van der Waals surface area contributed by atoms with E-state index in [0.717, 1.165) is 16.0 Å². The highest BCUT2D eigenvalue weighted by molar-refractivity contribution is 7.84. The molecule has 140 valence electrons. The first-order valence-corrected chi connectivity index (χ1v) is 10.1. The molecule has 0 unspecified atom stereocenters. The number of carbonyl (C=O) groups is 1.